The van der Waals surface area contributed by atoms with E-state index in [4.69, 9.17) is 4.74 Å². The predicted octanol–water partition coefficient (Wildman–Crippen LogP) is 4.02. The lowest BCUT2D eigenvalue weighted by Crippen LogP contribution is -2.25. The van der Waals surface area contributed by atoms with Crippen LogP contribution in [0.3, 0.4) is 0 Å². The first-order valence-electron chi connectivity index (χ1n) is 6.70. The van der Waals surface area contributed by atoms with E-state index in [-0.39, 0.29) is 5.97 Å². The number of esters is 1. The van der Waals surface area contributed by atoms with Crippen molar-refractivity contribution in [3.05, 3.63) is 47.6 Å². The third kappa shape index (κ3) is 2.69. The Kier molecular flexibility index (Phi) is 3.29. The van der Waals surface area contributed by atoms with Gasteiger partial charge in [-0.1, -0.05) is 12.1 Å². The molecule has 0 N–H and O–H groups in total. The summed E-state index contributed by atoms with van der Waals surface area (Å²) in [5.74, 6) is -0.357. The second kappa shape index (κ2) is 5.00. The van der Waals surface area contributed by atoms with Crippen molar-refractivity contribution in [1.29, 1.82) is 0 Å². The van der Waals surface area contributed by atoms with E-state index in [9.17, 15) is 4.79 Å². The molecule has 0 saturated carbocycles. The highest BCUT2D eigenvalue weighted by atomic mass is 32.1. The van der Waals surface area contributed by atoms with Crippen LogP contribution < -0.4 is 0 Å². The second-order valence-corrected chi connectivity index (χ2v) is 6.66. The van der Waals surface area contributed by atoms with Gasteiger partial charge in [-0.3, -0.25) is 4.40 Å². The molecular weight excluding hydrogens is 284 g/mol. The lowest BCUT2D eigenvalue weighted by atomic mass is 10.2. The number of pyridine rings is 1. The summed E-state index contributed by atoms with van der Waals surface area (Å²) < 4.78 is 7.31. The summed E-state index contributed by atoms with van der Waals surface area (Å²) in [7, 11) is 0. The minimum atomic E-state index is -0.539. The zero-order valence-corrected chi connectivity index (χ0v) is 13.0. The van der Waals surface area contributed by atoms with Crippen LogP contribution in [-0.2, 0) is 4.74 Å². The van der Waals surface area contributed by atoms with E-state index in [0.717, 1.165) is 10.5 Å². The van der Waals surface area contributed by atoms with Crippen LogP contribution in [0.4, 0.5) is 0 Å². The van der Waals surface area contributed by atoms with Gasteiger partial charge in [-0.25, -0.2) is 9.78 Å². The molecule has 0 radical (unpaired) electrons. The quantitative estimate of drug-likeness (QED) is 0.671. The van der Waals surface area contributed by atoms with E-state index in [1.807, 2.05) is 62.7 Å². The molecule has 0 spiro atoms. The van der Waals surface area contributed by atoms with Crippen molar-refractivity contribution in [2.75, 3.05) is 0 Å². The number of aromatic nitrogens is 2. The van der Waals surface area contributed by atoms with Gasteiger partial charge in [0.25, 0.3) is 0 Å². The molecule has 4 nitrogen and oxygen atoms in total. The summed E-state index contributed by atoms with van der Waals surface area (Å²) in [4.78, 5) is 18.1. The molecule has 0 atom stereocenters. The molecule has 3 rings (SSSR count). The van der Waals surface area contributed by atoms with Gasteiger partial charge in [-0.15, -0.1) is 11.3 Å². The fourth-order valence-corrected chi connectivity index (χ4v) is 2.82. The third-order valence-corrected chi connectivity index (χ3v) is 3.75. The maximum atomic E-state index is 12.6. The van der Waals surface area contributed by atoms with Gasteiger partial charge in [0.2, 0.25) is 0 Å². The largest absolute Gasteiger partial charge is 0.455 e. The Hall–Kier alpha value is -2.14. The van der Waals surface area contributed by atoms with E-state index in [2.05, 4.69) is 4.98 Å². The lowest BCUT2D eigenvalue weighted by molar-refractivity contribution is 0.00627. The average Bonchev–Trinajstić information content (AvgIpc) is 3.03. The van der Waals surface area contributed by atoms with Gasteiger partial charge >= 0.3 is 5.97 Å². The molecule has 5 heteroatoms. The predicted molar refractivity (Wildman–Crippen MR) is 83.7 cm³/mol. The smallest absolute Gasteiger partial charge is 0.358 e. The number of ether oxygens (including phenoxy) is 1. The molecule has 0 fully saturated rings. The highest BCUT2D eigenvalue weighted by Gasteiger charge is 2.26. The summed E-state index contributed by atoms with van der Waals surface area (Å²) in [6.45, 7) is 5.58. The van der Waals surface area contributed by atoms with E-state index < -0.39 is 5.60 Å². The van der Waals surface area contributed by atoms with Crippen LogP contribution in [0.15, 0.2) is 41.9 Å². The maximum absolute atomic E-state index is 12.6. The second-order valence-electron chi connectivity index (χ2n) is 5.72. The number of imidazole rings is 1. The van der Waals surface area contributed by atoms with Crippen LogP contribution in [0.1, 0.15) is 31.3 Å². The van der Waals surface area contributed by atoms with E-state index in [1.54, 1.807) is 15.7 Å². The van der Waals surface area contributed by atoms with Crippen LogP contribution in [0.2, 0.25) is 0 Å². The molecule has 3 heterocycles. The molecule has 0 aliphatic heterocycles. The number of hydrogen-bond acceptors (Lipinski definition) is 4. The molecule has 0 saturated heterocycles. The van der Waals surface area contributed by atoms with Gasteiger partial charge in [0.1, 0.15) is 16.9 Å². The van der Waals surface area contributed by atoms with Crippen LogP contribution >= 0.6 is 11.3 Å². The summed E-state index contributed by atoms with van der Waals surface area (Å²) >= 11 is 1.56. The lowest BCUT2D eigenvalue weighted by Gasteiger charge is -2.19. The van der Waals surface area contributed by atoms with Crippen molar-refractivity contribution in [3.8, 4) is 10.6 Å². The molecule has 21 heavy (non-hydrogen) atoms. The Labute approximate surface area is 127 Å². The number of rotatable bonds is 2. The van der Waals surface area contributed by atoms with Crippen LogP contribution in [0.5, 0.6) is 0 Å². The molecule has 0 aliphatic carbocycles. The minimum absolute atomic E-state index is 0.357. The van der Waals surface area contributed by atoms with E-state index in [1.165, 1.54) is 0 Å². The molecule has 0 amide bonds. The first kappa shape index (κ1) is 13.8. The van der Waals surface area contributed by atoms with Crippen molar-refractivity contribution < 1.29 is 9.53 Å². The number of hydrogen-bond donors (Lipinski definition) is 0. The third-order valence-electron chi connectivity index (χ3n) is 2.88. The summed E-state index contributed by atoms with van der Waals surface area (Å²) in [6, 6.07) is 9.56. The number of nitrogens with zero attached hydrogens (tertiary/aromatic N) is 2. The molecule has 108 valence electrons. The molecular formula is C16H16N2O2S. The van der Waals surface area contributed by atoms with Crippen molar-refractivity contribution >= 4 is 23.0 Å². The molecule has 3 aromatic heterocycles. The first-order chi connectivity index (χ1) is 9.96. The Morgan fingerprint density at radius 1 is 1.24 bits per heavy atom. The van der Waals surface area contributed by atoms with Crippen molar-refractivity contribution in [2.24, 2.45) is 0 Å². The number of fused-ring (bicyclic) bond motifs is 1. The fraction of sp³-hybridized carbons (Fsp3) is 0.250. The van der Waals surface area contributed by atoms with Gasteiger partial charge in [-0.05, 0) is 44.4 Å². The number of thiophene rings is 1. The standard InChI is InChI=1S/C16H16N2O2S/c1-16(2,3)20-15(19)14-13(11-7-6-10-21-11)17-12-8-4-5-9-18(12)14/h4-10H,1-3H3. The van der Waals surface area contributed by atoms with Crippen molar-refractivity contribution in [2.45, 2.75) is 26.4 Å². The Bertz CT molecular complexity index is 782. The normalized spacial score (nSPS) is 11.8. The highest BCUT2D eigenvalue weighted by molar-refractivity contribution is 7.13. The van der Waals surface area contributed by atoms with Crippen molar-refractivity contribution in [1.82, 2.24) is 9.38 Å². The van der Waals surface area contributed by atoms with Crippen molar-refractivity contribution in [3.63, 3.8) is 0 Å². The minimum Gasteiger partial charge on any atom is -0.455 e. The van der Waals surface area contributed by atoms with Gasteiger partial charge < -0.3 is 4.74 Å². The summed E-state index contributed by atoms with van der Waals surface area (Å²) in [5.41, 5.74) is 1.35. The van der Waals surface area contributed by atoms with E-state index in [0.29, 0.717) is 11.4 Å². The van der Waals surface area contributed by atoms with Gasteiger partial charge in [0.05, 0.1) is 4.88 Å². The fourth-order valence-electron chi connectivity index (χ4n) is 2.10. The van der Waals surface area contributed by atoms with Crippen LogP contribution in [-0.4, -0.2) is 21.0 Å². The molecule has 0 unspecified atom stereocenters. The van der Waals surface area contributed by atoms with Gasteiger partial charge in [-0.2, -0.15) is 0 Å². The SMILES string of the molecule is CC(C)(C)OC(=O)c1c(-c2cccs2)nc2ccccn12. The van der Waals surface area contributed by atoms with Gasteiger partial charge in [0, 0.05) is 6.20 Å². The number of carbonyl (C=O) groups excluding carboxylic acids is 1. The number of carbonyl (C=O) groups is 1. The average molecular weight is 300 g/mol. The maximum Gasteiger partial charge on any atom is 0.358 e. The molecule has 0 aliphatic rings. The Morgan fingerprint density at radius 3 is 2.71 bits per heavy atom. The monoisotopic (exact) mass is 300 g/mol. The molecule has 3 aromatic rings. The first-order valence-corrected chi connectivity index (χ1v) is 7.58. The summed E-state index contributed by atoms with van der Waals surface area (Å²) in [5, 5.41) is 1.97. The zero-order chi connectivity index (χ0) is 15.0. The van der Waals surface area contributed by atoms with Gasteiger partial charge in [0.15, 0.2) is 5.69 Å². The van der Waals surface area contributed by atoms with E-state index >= 15 is 0 Å². The molecule has 0 aromatic carbocycles. The Morgan fingerprint density at radius 2 is 2.05 bits per heavy atom. The van der Waals surface area contributed by atoms with Crippen LogP contribution in [0.25, 0.3) is 16.2 Å². The highest BCUT2D eigenvalue weighted by Crippen LogP contribution is 2.29. The summed E-state index contributed by atoms with van der Waals surface area (Å²) in [6.07, 6.45) is 1.83. The van der Waals surface area contributed by atoms with Crippen LogP contribution in [0, 0.1) is 0 Å². The molecule has 0 bridgehead atoms. The zero-order valence-electron chi connectivity index (χ0n) is 12.2. The Balaban J connectivity index is 2.19. The topological polar surface area (TPSA) is 43.6 Å².